The van der Waals surface area contributed by atoms with Crippen LogP contribution in [0.4, 0.5) is 0 Å². The van der Waals surface area contributed by atoms with Crippen molar-refractivity contribution in [3.63, 3.8) is 0 Å². The van der Waals surface area contributed by atoms with E-state index in [2.05, 4.69) is 4.72 Å². The first kappa shape index (κ1) is 8.61. The van der Waals surface area contributed by atoms with Crippen LogP contribution in [0.2, 0.25) is 0 Å². The van der Waals surface area contributed by atoms with Gasteiger partial charge in [0.25, 0.3) is 0 Å². The molecule has 9 heavy (non-hydrogen) atoms. The van der Waals surface area contributed by atoms with Gasteiger partial charge in [-0.2, -0.15) is 0 Å². The van der Waals surface area contributed by atoms with Gasteiger partial charge in [-0.15, -0.1) is 0 Å². The van der Waals surface area contributed by atoms with Crippen LogP contribution in [0.5, 0.6) is 0 Å². The third-order valence-electron chi connectivity index (χ3n) is 0.696. The van der Waals surface area contributed by atoms with Crippen molar-refractivity contribution in [1.29, 1.82) is 0 Å². The SMILES string of the molecule is CNS(=O)(=O)/C=C/CN. The smallest absolute Gasteiger partial charge is 0.233 e. The fourth-order valence-electron chi connectivity index (χ4n) is 0.250. The Balaban J connectivity index is 4.04. The summed E-state index contributed by atoms with van der Waals surface area (Å²) in [6, 6.07) is 0. The lowest BCUT2D eigenvalue weighted by molar-refractivity contribution is 0.597. The minimum absolute atomic E-state index is 0.237. The van der Waals surface area contributed by atoms with Crippen molar-refractivity contribution >= 4 is 10.0 Å². The predicted molar refractivity (Wildman–Crippen MR) is 36.2 cm³/mol. The summed E-state index contributed by atoms with van der Waals surface area (Å²) in [5.41, 5.74) is 5.01. The summed E-state index contributed by atoms with van der Waals surface area (Å²) >= 11 is 0. The third-order valence-corrected chi connectivity index (χ3v) is 1.82. The number of nitrogens with two attached hydrogens (primary N) is 1. The van der Waals surface area contributed by atoms with Gasteiger partial charge in [-0.3, -0.25) is 0 Å². The summed E-state index contributed by atoms with van der Waals surface area (Å²) in [6.07, 6.45) is 1.37. The molecule has 0 aromatic carbocycles. The Kier molecular flexibility index (Phi) is 3.44. The Morgan fingerprint density at radius 1 is 1.67 bits per heavy atom. The fraction of sp³-hybridized carbons (Fsp3) is 0.500. The minimum atomic E-state index is -3.19. The Labute approximate surface area is 54.8 Å². The van der Waals surface area contributed by atoms with Gasteiger partial charge in [-0.05, 0) is 7.05 Å². The maximum Gasteiger partial charge on any atom is 0.233 e. The minimum Gasteiger partial charge on any atom is -0.327 e. The zero-order valence-electron chi connectivity index (χ0n) is 5.16. The van der Waals surface area contributed by atoms with Crippen LogP contribution in [0.15, 0.2) is 11.5 Å². The second-order valence-electron chi connectivity index (χ2n) is 1.36. The predicted octanol–water partition coefficient (Wildman–Crippen LogP) is -0.992. The molecule has 54 valence electrons. The first-order valence-corrected chi connectivity index (χ1v) is 3.97. The Morgan fingerprint density at radius 2 is 2.22 bits per heavy atom. The van der Waals surface area contributed by atoms with Gasteiger partial charge in [0.05, 0.1) is 0 Å². The molecule has 0 atom stereocenters. The van der Waals surface area contributed by atoms with Gasteiger partial charge in [0.15, 0.2) is 0 Å². The van der Waals surface area contributed by atoms with E-state index in [4.69, 9.17) is 5.73 Å². The van der Waals surface area contributed by atoms with Crippen LogP contribution in [0.1, 0.15) is 0 Å². The molecule has 0 aliphatic heterocycles. The number of hydrogen-bond acceptors (Lipinski definition) is 3. The normalized spacial score (nSPS) is 12.7. The Hall–Kier alpha value is -0.390. The molecule has 0 aromatic rings. The molecule has 0 unspecified atom stereocenters. The van der Waals surface area contributed by atoms with Crippen LogP contribution in [0.3, 0.4) is 0 Å². The summed E-state index contributed by atoms with van der Waals surface area (Å²) in [4.78, 5) is 0. The zero-order chi connectivity index (χ0) is 7.33. The first-order valence-electron chi connectivity index (χ1n) is 2.42. The molecule has 3 N–H and O–H groups in total. The van der Waals surface area contributed by atoms with Crippen molar-refractivity contribution in [2.75, 3.05) is 13.6 Å². The van der Waals surface area contributed by atoms with Crippen LogP contribution in [0.25, 0.3) is 0 Å². The molecule has 0 amide bonds. The molecule has 0 rings (SSSR count). The second-order valence-corrected chi connectivity index (χ2v) is 3.13. The van der Waals surface area contributed by atoms with Crippen molar-refractivity contribution < 1.29 is 8.42 Å². The van der Waals surface area contributed by atoms with Gasteiger partial charge >= 0.3 is 0 Å². The standard InChI is InChI=1S/C4H10N2O2S/c1-6-9(7,8)4-2-3-5/h2,4,6H,3,5H2,1H3/b4-2+. The van der Waals surface area contributed by atoms with Gasteiger partial charge < -0.3 is 5.73 Å². The van der Waals surface area contributed by atoms with E-state index in [1.165, 1.54) is 13.1 Å². The van der Waals surface area contributed by atoms with Gasteiger partial charge in [-0.1, -0.05) is 6.08 Å². The van der Waals surface area contributed by atoms with Crippen molar-refractivity contribution in [1.82, 2.24) is 4.72 Å². The summed E-state index contributed by atoms with van der Waals surface area (Å²) in [5, 5.41) is 1.03. The maximum absolute atomic E-state index is 10.5. The van der Waals surface area contributed by atoms with Gasteiger partial charge in [0.1, 0.15) is 0 Å². The van der Waals surface area contributed by atoms with E-state index in [1.54, 1.807) is 0 Å². The highest BCUT2D eigenvalue weighted by Crippen LogP contribution is 1.81. The van der Waals surface area contributed by atoms with E-state index >= 15 is 0 Å². The van der Waals surface area contributed by atoms with Crippen molar-refractivity contribution in [2.45, 2.75) is 0 Å². The molecule has 0 heterocycles. The van der Waals surface area contributed by atoms with E-state index in [-0.39, 0.29) is 6.54 Å². The average Bonchev–Trinajstić information content (AvgIpc) is 1.84. The molecular formula is C4H10N2O2S. The highest BCUT2D eigenvalue weighted by atomic mass is 32.2. The summed E-state index contributed by atoms with van der Waals surface area (Å²) in [7, 11) is -1.85. The monoisotopic (exact) mass is 150 g/mol. The summed E-state index contributed by atoms with van der Waals surface area (Å²) < 4.78 is 23.1. The van der Waals surface area contributed by atoms with Crippen LogP contribution in [-0.2, 0) is 10.0 Å². The molecule has 0 radical (unpaired) electrons. The molecule has 4 nitrogen and oxygen atoms in total. The molecule has 0 aliphatic rings. The molecule has 0 saturated carbocycles. The van der Waals surface area contributed by atoms with Crippen LogP contribution < -0.4 is 10.5 Å². The van der Waals surface area contributed by atoms with Crippen LogP contribution in [-0.4, -0.2) is 22.0 Å². The van der Waals surface area contributed by atoms with Gasteiger partial charge in [-0.25, -0.2) is 13.1 Å². The lowest BCUT2D eigenvalue weighted by Crippen LogP contribution is -2.15. The molecule has 0 aliphatic carbocycles. The zero-order valence-corrected chi connectivity index (χ0v) is 5.98. The van der Waals surface area contributed by atoms with E-state index in [1.807, 2.05) is 0 Å². The highest BCUT2D eigenvalue weighted by Gasteiger charge is 1.95. The quantitative estimate of drug-likeness (QED) is 0.542. The molecule has 0 spiro atoms. The Morgan fingerprint density at radius 3 is 2.56 bits per heavy atom. The third kappa shape index (κ3) is 4.14. The topological polar surface area (TPSA) is 72.2 Å². The van der Waals surface area contributed by atoms with E-state index in [0.717, 1.165) is 5.41 Å². The summed E-state index contributed by atoms with van der Waals surface area (Å²) in [6.45, 7) is 0.237. The fourth-order valence-corrected chi connectivity index (χ4v) is 0.751. The Bertz CT molecular complexity index is 183. The molecule has 5 heteroatoms. The van der Waals surface area contributed by atoms with Crippen LogP contribution >= 0.6 is 0 Å². The molecular weight excluding hydrogens is 140 g/mol. The van der Waals surface area contributed by atoms with Crippen molar-refractivity contribution in [3.05, 3.63) is 11.5 Å². The van der Waals surface area contributed by atoms with Crippen LogP contribution in [0, 0.1) is 0 Å². The van der Waals surface area contributed by atoms with E-state index in [0.29, 0.717) is 0 Å². The number of hydrogen-bond donors (Lipinski definition) is 2. The van der Waals surface area contributed by atoms with Gasteiger partial charge in [0.2, 0.25) is 10.0 Å². The lowest BCUT2D eigenvalue weighted by atomic mass is 10.7. The van der Waals surface area contributed by atoms with E-state index in [9.17, 15) is 8.42 Å². The summed E-state index contributed by atoms with van der Waals surface area (Å²) in [5.74, 6) is 0. The molecule has 0 fully saturated rings. The molecule has 0 bridgehead atoms. The maximum atomic E-state index is 10.5. The average molecular weight is 150 g/mol. The highest BCUT2D eigenvalue weighted by molar-refractivity contribution is 7.92. The van der Waals surface area contributed by atoms with E-state index < -0.39 is 10.0 Å². The number of nitrogens with one attached hydrogen (secondary N) is 1. The van der Waals surface area contributed by atoms with Gasteiger partial charge in [0, 0.05) is 12.0 Å². The van der Waals surface area contributed by atoms with Crippen molar-refractivity contribution in [2.24, 2.45) is 5.73 Å². The molecule has 0 aromatic heterocycles. The molecule has 0 saturated heterocycles. The van der Waals surface area contributed by atoms with Crippen molar-refractivity contribution in [3.8, 4) is 0 Å². The second kappa shape index (κ2) is 3.60. The lowest BCUT2D eigenvalue weighted by Gasteiger charge is -1.90. The largest absolute Gasteiger partial charge is 0.327 e. The number of rotatable bonds is 3. The first-order chi connectivity index (χ1) is 4.12. The number of sulfonamides is 1.